The van der Waals surface area contributed by atoms with Gasteiger partial charge in [0.25, 0.3) is 6.43 Å². The smallest absolute Gasteiger partial charge is 0.263 e. The van der Waals surface area contributed by atoms with E-state index in [0.29, 0.717) is 5.56 Å². The molecule has 1 aromatic carbocycles. The van der Waals surface area contributed by atoms with Crippen LogP contribution in [0.1, 0.15) is 35.3 Å². The van der Waals surface area contributed by atoms with Crippen molar-refractivity contribution in [1.82, 2.24) is 4.90 Å². The van der Waals surface area contributed by atoms with Crippen LogP contribution in [0.5, 0.6) is 0 Å². The first-order chi connectivity index (χ1) is 12.3. The number of halogens is 2. The monoisotopic (exact) mass is 378 g/mol. The first-order valence-corrected chi connectivity index (χ1v) is 8.88. The number of thiophene rings is 1. The molecular formula is C18H20F2N4OS. The molecule has 0 bridgehead atoms. The Balaban J connectivity index is 2.13. The van der Waals surface area contributed by atoms with Gasteiger partial charge in [-0.15, -0.1) is 11.3 Å². The molecule has 2 atom stereocenters. The van der Waals surface area contributed by atoms with Crippen molar-refractivity contribution in [2.45, 2.75) is 24.8 Å². The van der Waals surface area contributed by atoms with E-state index >= 15 is 0 Å². The molecule has 1 aliphatic rings. The summed E-state index contributed by atoms with van der Waals surface area (Å²) in [5.74, 6) is -0.739. The van der Waals surface area contributed by atoms with E-state index in [1.165, 1.54) is 28.4 Å². The SMILES string of the molecule is CNc1ccc([C@@]2(C)N=C(N)N(C)C(=O)[C@@H]2c2ccc(C(F)F)cc2)s1. The number of alkyl halides is 2. The van der Waals surface area contributed by atoms with Crippen LogP contribution >= 0.6 is 11.3 Å². The van der Waals surface area contributed by atoms with E-state index in [9.17, 15) is 13.6 Å². The van der Waals surface area contributed by atoms with E-state index < -0.39 is 17.9 Å². The number of nitrogens with one attached hydrogen (secondary N) is 1. The fraction of sp³-hybridized carbons (Fsp3) is 0.333. The highest BCUT2D eigenvalue weighted by Crippen LogP contribution is 2.47. The van der Waals surface area contributed by atoms with E-state index in [1.54, 1.807) is 19.2 Å². The molecule has 0 spiro atoms. The minimum absolute atomic E-state index is 0.0799. The van der Waals surface area contributed by atoms with Gasteiger partial charge < -0.3 is 11.1 Å². The third-order valence-corrected chi connectivity index (χ3v) is 6.03. The van der Waals surface area contributed by atoms with Gasteiger partial charge >= 0.3 is 0 Å². The van der Waals surface area contributed by atoms with E-state index in [0.717, 1.165) is 9.88 Å². The zero-order valence-electron chi connectivity index (χ0n) is 14.7. The Kier molecular flexibility index (Phi) is 4.70. The van der Waals surface area contributed by atoms with Crippen molar-refractivity contribution < 1.29 is 13.6 Å². The Morgan fingerprint density at radius 1 is 1.27 bits per heavy atom. The molecule has 2 aromatic rings. The summed E-state index contributed by atoms with van der Waals surface area (Å²) >= 11 is 1.49. The van der Waals surface area contributed by atoms with Gasteiger partial charge in [-0.25, -0.2) is 13.8 Å². The van der Waals surface area contributed by atoms with Crippen LogP contribution in [0.2, 0.25) is 0 Å². The molecule has 2 heterocycles. The van der Waals surface area contributed by atoms with Crippen LogP contribution in [0.4, 0.5) is 13.8 Å². The molecule has 3 rings (SSSR count). The Bertz CT molecular complexity index is 849. The minimum atomic E-state index is -2.55. The first kappa shape index (κ1) is 18.3. The molecular weight excluding hydrogens is 358 g/mol. The highest BCUT2D eigenvalue weighted by molar-refractivity contribution is 7.16. The summed E-state index contributed by atoms with van der Waals surface area (Å²) in [7, 11) is 3.38. The fourth-order valence-electron chi connectivity index (χ4n) is 3.17. The Labute approximate surface area is 154 Å². The molecule has 1 aromatic heterocycles. The van der Waals surface area contributed by atoms with Crippen LogP contribution in [0.3, 0.4) is 0 Å². The van der Waals surface area contributed by atoms with Gasteiger partial charge in [0.15, 0.2) is 5.96 Å². The lowest BCUT2D eigenvalue weighted by Gasteiger charge is -2.40. The zero-order valence-corrected chi connectivity index (χ0v) is 15.5. The van der Waals surface area contributed by atoms with Crippen molar-refractivity contribution in [3.63, 3.8) is 0 Å². The number of nitrogens with zero attached hydrogens (tertiary/aromatic N) is 2. The second kappa shape index (κ2) is 6.68. The molecule has 26 heavy (non-hydrogen) atoms. The number of anilines is 1. The Hall–Kier alpha value is -2.48. The molecule has 5 nitrogen and oxygen atoms in total. The molecule has 8 heteroatoms. The van der Waals surface area contributed by atoms with Crippen LogP contribution in [-0.2, 0) is 10.3 Å². The number of nitrogens with two attached hydrogens (primary N) is 1. The average molecular weight is 378 g/mol. The highest BCUT2D eigenvalue weighted by atomic mass is 32.1. The van der Waals surface area contributed by atoms with Crippen LogP contribution in [0.25, 0.3) is 0 Å². The molecule has 1 amide bonds. The summed E-state index contributed by atoms with van der Waals surface area (Å²) < 4.78 is 25.7. The summed E-state index contributed by atoms with van der Waals surface area (Å²) in [5, 5.41) is 4.01. The van der Waals surface area contributed by atoms with E-state index in [-0.39, 0.29) is 17.4 Å². The van der Waals surface area contributed by atoms with Crippen molar-refractivity contribution in [3.8, 4) is 0 Å². The number of carbonyl (C=O) groups excluding carboxylic acids is 1. The quantitative estimate of drug-likeness (QED) is 0.855. The third-order valence-electron chi connectivity index (χ3n) is 4.70. The third kappa shape index (κ3) is 2.94. The average Bonchev–Trinajstić information content (AvgIpc) is 3.10. The van der Waals surface area contributed by atoms with Gasteiger partial charge in [0, 0.05) is 24.5 Å². The molecule has 0 saturated carbocycles. The maximum atomic E-state index is 13.0. The molecule has 138 valence electrons. The molecule has 0 radical (unpaired) electrons. The zero-order chi connectivity index (χ0) is 19.1. The predicted octanol–water partition coefficient (Wildman–Crippen LogP) is 3.51. The minimum Gasteiger partial charge on any atom is -0.380 e. The van der Waals surface area contributed by atoms with Crippen molar-refractivity contribution in [2.75, 3.05) is 19.4 Å². The normalized spacial score (nSPS) is 23.3. The number of guanidine groups is 1. The predicted molar refractivity (Wildman–Crippen MR) is 99.8 cm³/mol. The Morgan fingerprint density at radius 3 is 2.46 bits per heavy atom. The van der Waals surface area contributed by atoms with E-state index in [1.807, 2.05) is 26.1 Å². The second-order valence-corrected chi connectivity index (χ2v) is 7.41. The Morgan fingerprint density at radius 2 is 1.92 bits per heavy atom. The van der Waals surface area contributed by atoms with Gasteiger partial charge in [-0.3, -0.25) is 9.69 Å². The molecule has 0 aliphatic carbocycles. The summed E-state index contributed by atoms with van der Waals surface area (Å²) in [6.45, 7) is 1.85. The lowest BCUT2D eigenvalue weighted by Crippen LogP contribution is -2.52. The molecule has 0 saturated heterocycles. The maximum absolute atomic E-state index is 13.0. The largest absolute Gasteiger partial charge is 0.380 e. The number of hydrogen-bond donors (Lipinski definition) is 2. The lowest BCUT2D eigenvalue weighted by atomic mass is 9.77. The standard InChI is InChI=1S/C18H20F2N4OS/c1-18(12-8-9-13(22-2)26-12)14(16(25)24(3)17(21)23-18)10-4-6-11(7-5-10)15(19)20/h4-9,14-15,22H,1-3H3,(H2,21,23)/t14-,18+/m0/s1. The van der Waals surface area contributed by atoms with Gasteiger partial charge in [0.05, 0.1) is 10.9 Å². The van der Waals surface area contributed by atoms with Crippen LogP contribution < -0.4 is 11.1 Å². The van der Waals surface area contributed by atoms with Crippen molar-refractivity contribution in [1.29, 1.82) is 0 Å². The van der Waals surface area contributed by atoms with Gasteiger partial charge in [0.1, 0.15) is 5.54 Å². The number of carbonyl (C=O) groups is 1. The van der Waals surface area contributed by atoms with Gasteiger partial charge in [-0.2, -0.15) is 0 Å². The maximum Gasteiger partial charge on any atom is 0.263 e. The van der Waals surface area contributed by atoms with Crippen LogP contribution in [-0.4, -0.2) is 30.9 Å². The van der Waals surface area contributed by atoms with Crippen molar-refractivity contribution >= 4 is 28.2 Å². The van der Waals surface area contributed by atoms with Crippen LogP contribution in [0, 0.1) is 0 Å². The first-order valence-electron chi connectivity index (χ1n) is 8.07. The number of amides is 1. The second-order valence-electron chi connectivity index (χ2n) is 6.33. The molecule has 3 N–H and O–H groups in total. The topological polar surface area (TPSA) is 70.7 Å². The van der Waals surface area contributed by atoms with Crippen molar-refractivity contribution in [3.05, 3.63) is 52.4 Å². The number of hydrogen-bond acceptors (Lipinski definition) is 5. The number of likely N-dealkylation sites (N-methyl/N-ethyl adjacent to an activating group) is 1. The van der Waals surface area contributed by atoms with Crippen LogP contribution in [0.15, 0.2) is 41.4 Å². The fourth-order valence-corrected chi connectivity index (χ4v) is 4.15. The summed E-state index contributed by atoms with van der Waals surface area (Å²) in [4.78, 5) is 19.8. The van der Waals surface area contributed by atoms with Crippen molar-refractivity contribution in [2.24, 2.45) is 10.7 Å². The molecule has 0 unspecified atom stereocenters. The lowest BCUT2D eigenvalue weighted by molar-refractivity contribution is -0.130. The van der Waals surface area contributed by atoms with E-state index in [2.05, 4.69) is 10.3 Å². The molecule has 0 fully saturated rings. The van der Waals surface area contributed by atoms with Gasteiger partial charge in [0.2, 0.25) is 5.91 Å². The summed E-state index contributed by atoms with van der Waals surface area (Å²) in [5.41, 5.74) is 5.60. The highest BCUT2D eigenvalue weighted by Gasteiger charge is 2.48. The van der Waals surface area contributed by atoms with Gasteiger partial charge in [-0.1, -0.05) is 24.3 Å². The molecule has 1 aliphatic heterocycles. The van der Waals surface area contributed by atoms with E-state index in [4.69, 9.17) is 5.73 Å². The summed E-state index contributed by atoms with van der Waals surface area (Å²) in [6, 6.07) is 9.66. The van der Waals surface area contributed by atoms with Gasteiger partial charge in [-0.05, 0) is 24.6 Å². The number of rotatable bonds is 4. The summed E-state index contributed by atoms with van der Waals surface area (Å²) in [6.07, 6.45) is -2.55. The number of aliphatic imine (C=N–C) groups is 1. The number of benzene rings is 1.